The molecule has 6 nitrogen and oxygen atoms in total. The van der Waals surface area contributed by atoms with Crippen molar-refractivity contribution in [1.82, 2.24) is 9.97 Å². The van der Waals surface area contributed by atoms with E-state index in [2.05, 4.69) is 9.97 Å². The quantitative estimate of drug-likeness (QED) is 0.863. The van der Waals surface area contributed by atoms with Gasteiger partial charge in [-0.05, 0) is 25.1 Å². The molecule has 0 aliphatic rings. The number of nitrogens with zero attached hydrogens (tertiary/aromatic N) is 2. The zero-order chi connectivity index (χ0) is 15.0. The molecule has 0 fully saturated rings. The number of aromatic nitrogens is 2. The molecule has 6 heteroatoms. The Morgan fingerprint density at radius 1 is 1.15 bits per heavy atom. The van der Waals surface area contributed by atoms with Gasteiger partial charge in [-0.2, -0.15) is 0 Å². The normalized spacial score (nSPS) is 9.15. The molecular weight excluding hydrogens is 260 g/mol. The maximum absolute atomic E-state index is 10.2. The molecule has 1 N–H and O–H groups in total. The van der Waals surface area contributed by atoms with Gasteiger partial charge >= 0.3 is 0 Å². The van der Waals surface area contributed by atoms with Gasteiger partial charge in [-0.25, -0.2) is 4.98 Å². The van der Waals surface area contributed by atoms with E-state index in [4.69, 9.17) is 14.6 Å². The zero-order valence-electron chi connectivity index (χ0n) is 11.5. The molecule has 1 aromatic carbocycles. The minimum absolute atomic E-state index is 0.0399. The highest BCUT2D eigenvalue weighted by atomic mass is 16.5. The number of benzene rings is 1. The second kappa shape index (κ2) is 7.73. The molecule has 0 bridgehead atoms. The minimum atomic E-state index is 0.0399. The zero-order valence-corrected chi connectivity index (χ0v) is 11.5. The van der Waals surface area contributed by atoms with E-state index in [9.17, 15) is 4.79 Å². The summed E-state index contributed by atoms with van der Waals surface area (Å²) in [5.74, 6) is 0.949. The lowest BCUT2D eigenvalue weighted by Gasteiger charge is -2.01. The van der Waals surface area contributed by atoms with E-state index in [-0.39, 0.29) is 5.75 Å². The van der Waals surface area contributed by atoms with Crippen molar-refractivity contribution in [3.05, 3.63) is 41.9 Å². The minimum Gasteiger partial charge on any atom is -0.504 e. The fourth-order valence-electron chi connectivity index (χ4n) is 1.36. The van der Waals surface area contributed by atoms with E-state index in [0.29, 0.717) is 23.5 Å². The standard InChI is InChI=1S/C8H8O3.C6H8N2O/c1-11-8-4-6(5-9)2-3-7(8)10;1-5-6(9-2)8-4-3-7-5/h2-5,10H,1H3;3-4H,1-2H3. The molecule has 106 valence electrons. The number of carbonyl (C=O) groups is 1. The second-order valence-electron chi connectivity index (χ2n) is 3.70. The highest BCUT2D eigenvalue weighted by Crippen LogP contribution is 2.25. The van der Waals surface area contributed by atoms with Crippen molar-refractivity contribution < 1.29 is 19.4 Å². The summed E-state index contributed by atoms with van der Waals surface area (Å²) in [5.41, 5.74) is 1.31. The van der Waals surface area contributed by atoms with Crippen molar-refractivity contribution in [2.24, 2.45) is 0 Å². The molecule has 20 heavy (non-hydrogen) atoms. The van der Waals surface area contributed by atoms with Crippen LogP contribution < -0.4 is 9.47 Å². The maximum Gasteiger partial charge on any atom is 0.235 e. The molecule has 2 rings (SSSR count). The molecule has 0 aliphatic carbocycles. The number of hydrogen-bond acceptors (Lipinski definition) is 6. The number of aromatic hydroxyl groups is 1. The summed E-state index contributed by atoms with van der Waals surface area (Å²) in [6.45, 7) is 1.85. The summed E-state index contributed by atoms with van der Waals surface area (Å²) >= 11 is 0. The largest absolute Gasteiger partial charge is 0.504 e. The van der Waals surface area contributed by atoms with Gasteiger partial charge in [0.15, 0.2) is 11.5 Å². The van der Waals surface area contributed by atoms with Crippen LogP contribution in [0.25, 0.3) is 0 Å². The van der Waals surface area contributed by atoms with Crippen molar-refractivity contribution >= 4 is 6.29 Å². The smallest absolute Gasteiger partial charge is 0.235 e. The Bertz CT molecular complexity index is 573. The molecule has 0 aliphatic heterocycles. The van der Waals surface area contributed by atoms with Gasteiger partial charge in [0, 0.05) is 18.0 Å². The molecule has 0 saturated heterocycles. The van der Waals surface area contributed by atoms with Gasteiger partial charge < -0.3 is 14.6 Å². The van der Waals surface area contributed by atoms with Gasteiger partial charge in [-0.3, -0.25) is 9.78 Å². The third-order valence-electron chi connectivity index (χ3n) is 2.37. The van der Waals surface area contributed by atoms with Crippen molar-refractivity contribution in [2.75, 3.05) is 14.2 Å². The van der Waals surface area contributed by atoms with Gasteiger partial charge in [0.1, 0.15) is 6.29 Å². The van der Waals surface area contributed by atoms with Crippen molar-refractivity contribution in [1.29, 1.82) is 0 Å². The molecule has 1 aromatic heterocycles. The lowest BCUT2D eigenvalue weighted by molar-refractivity contribution is 0.112. The number of rotatable bonds is 3. The first-order valence-corrected chi connectivity index (χ1v) is 5.76. The van der Waals surface area contributed by atoms with Crippen LogP contribution >= 0.6 is 0 Å². The molecule has 0 unspecified atom stereocenters. The van der Waals surface area contributed by atoms with Crippen molar-refractivity contribution in [3.63, 3.8) is 0 Å². The Kier molecular flexibility index (Phi) is 5.96. The van der Waals surface area contributed by atoms with Crippen LogP contribution in [0.5, 0.6) is 17.4 Å². The molecule has 2 aromatic rings. The van der Waals surface area contributed by atoms with E-state index in [1.54, 1.807) is 19.5 Å². The first kappa shape index (κ1) is 15.4. The van der Waals surface area contributed by atoms with Gasteiger partial charge in [-0.15, -0.1) is 0 Å². The summed E-state index contributed by atoms with van der Waals surface area (Å²) in [5, 5.41) is 9.09. The Morgan fingerprint density at radius 2 is 1.85 bits per heavy atom. The van der Waals surface area contributed by atoms with Gasteiger partial charge in [0.05, 0.1) is 19.9 Å². The summed E-state index contributed by atoms with van der Waals surface area (Å²) in [6, 6.07) is 4.41. The molecular formula is C14H16N2O4. The van der Waals surface area contributed by atoms with Crippen molar-refractivity contribution in [3.8, 4) is 17.4 Å². The monoisotopic (exact) mass is 276 g/mol. The second-order valence-corrected chi connectivity index (χ2v) is 3.70. The summed E-state index contributed by atoms with van der Waals surface area (Å²) in [7, 11) is 3.01. The van der Waals surface area contributed by atoms with Gasteiger partial charge in [0.2, 0.25) is 5.88 Å². The highest BCUT2D eigenvalue weighted by Gasteiger charge is 2.00. The number of phenolic OH excluding ortho intramolecular Hbond substituents is 1. The van der Waals surface area contributed by atoms with E-state index < -0.39 is 0 Å². The van der Waals surface area contributed by atoms with E-state index in [0.717, 1.165) is 5.69 Å². The third-order valence-corrected chi connectivity index (χ3v) is 2.37. The molecule has 0 radical (unpaired) electrons. The number of methoxy groups -OCH3 is 2. The first-order chi connectivity index (χ1) is 9.62. The average molecular weight is 276 g/mol. The predicted molar refractivity (Wildman–Crippen MR) is 73.4 cm³/mol. The van der Waals surface area contributed by atoms with Crippen LogP contribution in [0.4, 0.5) is 0 Å². The summed E-state index contributed by atoms with van der Waals surface area (Å²) < 4.78 is 9.65. The molecule has 0 atom stereocenters. The molecule has 0 spiro atoms. The van der Waals surface area contributed by atoms with Crippen LogP contribution in [0, 0.1) is 6.92 Å². The van der Waals surface area contributed by atoms with Crippen LogP contribution in [0.3, 0.4) is 0 Å². The molecule has 0 amide bonds. The number of phenols is 1. The lowest BCUT2D eigenvalue weighted by Crippen LogP contribution is -1.91. The summed E-state index contributed by atoms with van der Waals surface area (Å²) in [4.78, 5) is 18.1. The lowest BCUT2D eigenvalue weighted by atomic mass is 10.2. The van der Waals surface area contributed by atoms with Crippen LogP contribution in [0.15, 0.2) is 30.6 Å². The fraction of sp³-hybridized carbons (Fsp3) is 0.214. The van der Waals surface area contributed by atoms with Crippen LogP contribution in [-0.4, -0.2) is 35.6 Å². The van der Waals surface area contributed by atoms with E-state index in [1.165, 1.54) is 25.3 Å². The van der Waals surface area contributed by atoms with E-state index in [1.807, 2.05) is 6.92 Å². The van der Waals surface area contributed by atoms with Crippen LogP contribution in [-0.2, 0) is 0 Å². The Balaban J connectivity index is 0.000000204. The molecule has 0 saturated carbocycles. The number of aldehydes is 1. The number of aryl methyl sites for hydroxylation is 1. The number of hydrogen-bond donors (Lipinski definition) is 1. The predicted octanol–water partition coefficient (Wildman–Crippen LogP) is 2.01. The average Bonchev–Trinajstić information content (AvgIpc) is 2.49. The number of ether oxygens (including phenoxy) is 2. The Labute approximate surface area is 117 Å². The van der Waals surface area contributed by atoms with Crippen LogP contribution in [0.2, 0.25) is 0 Å². The van der Waals surface area contributed by atoms with Crippen LogP contribution in [0.1, 0.15) is 16.1 Å². The van der Waals surface area contributed by atoms with Gasteiger partial charge in [-0.1, -0.05) is 0 Å². The third kappa shape index (κ3) is 4.24. The first-order valence-electron chi connectivity index (χ1n) is 5.76. The fourth-order valence-corrected chi connectivity index (χ4v) is 1.36. The number of carbonyl (C=O) groups excluding carboxylic acids is 1. The van der Waals surface area contributed by atoms with Crippen molar-refractivity contribution in [2.45, 2.75) is 6.92 Å². The SMILES string of the molecule is COc1cc(C=O)ccc1O.COc1nccnc1C. The van der Waals surface area contributed by atoms with Gasteiger partial charge in [0.25, 0.3) is 0 Å². The highest BCUT2D eigenvalue weighted by molar-refractivity contribution is 5.76. The Hall–Kier alpha value is -2.63. The Morgan fingerprint density at radius 3 is 2.35 bits per heavy atom. The maximum atomic E-state index is 10.2. The molecule has 1 heterocycles. The summed E-state index contributed by atoms with van der Waals surface area (Å²) in [6.07, 6.45) is 3.94. The topological polar surface area (TPSA) is 81.5 Å². The van der Waals surface area contributed by atoms with E-state index >= 15 is 0 Å².